The van der Waals surface area contributed by atoms with Crippen molar-refractivity contribution >= 4 is 5.96 Å². The van der Waals surface area contributed by atoms with Gasteiger partial charge in [0.25, 0.3) is 0 Å². The molecule has 2 rings (SSSR count). The molecule has 0 aliphatic carbocycles. The molecule has 1 aliphatic heterocycles. The molecule has 1 heterocycles. The Morgan fingerprint density at radius 1 is 1.13 bits per heavy atom. The molecule has 1 aliphatic rings. The molecular weight excluding hydrogens is 288 g/mol. The van der Waals surface area contributed by atoms with Crippen LogP contribution in [0.4, 0.5) is 0 Å². The van der Waals surface area contributed by atoms with Gasteiger partial charge in [-0.25, -0.2) is 0 Å². The first-order chi connectivity index (χ1) is 11.2. The molecule has 23 heavy (non-hydrogen) atoms. The highest BCUT2D eigenvalue weighted by molar-refractivity contribution is 5.79. The number of hydrogen-bond donors (Lipinski definition) is 2. The van der Waals surface area contributed by atoms with Gasteiger partial charge in [0.05, 0.1) is 25.8 Å². The highest BCUT2D eigenvalue weighted by Crippen LogP contribution is 2.22. The van der Waals surface area contributed by atoms with Crippen LogP contribution in [0.1, 0.15) is 31.0 Å². The number of morpholine rings is 1. The van der Waals surface area contributed by atoms with Crippen molar-refractivity contribution in [3.8, 4) is 0 Å². The predicted octanol–water partition coefficient (Wildman–Crippen LogP) is 1.94. The maximum atomic E-state index is 5.51. The van der Waals surface area contributed by atoms with Crippen LogP contribution in [0.2, 0.25) is 0 Å². The van der Waals surface area contributed by atoms with Crippen molar-refractivity contribution < 1.29 is 4.74 Å². The molecule has 1 unspecified atom stereocenters. The summed E-state index contributed by atoms with van der Waals surface area (Å²) in [7, 11) is 0. The Labute approximate surface area is 140 Å². The Morgan fingerprint density at radius 3 is 2.30 bits per heavy atom. The largest absolute Gasteiger partial charge is 0.379 e. The van der Waals surface area contributed by atoms with Crippen LogP contribution in [0.5, 0.6) is 0 Å². The van der Waals surface area contributed by atoms with Crippen LogP contribution in [0.25, 0.3) is 0 Å². The fourth-order valence-electron chi connectivity index (χ4n) is 2.80. The van der Waals surface area contributed by atoms with Crippen molar-refractivity contribution in [2.75, 3.05) is 45.9 Å². The summed E-state index contributed by atoms with van der Waals surface area (Å²) in [5.41, 5.74) is 2.62. The Hall–Kier alpha value is -1.59. The van der Waals surface area contributed by atoms with Crippen molar-refractivity contribution in [1.29, 1.82) is 0 Å². The highest BCUT2D eigenvalue weighted by atomic mass is 16.5. The molecule has 0 amide bonds. The smallest absolute Gasteiger partial charge is 0.191 e. The lowest BCUT2D eigenvalue weighted by Crippen LogP contribution is -2.41. The number of aryl methyl sites for hydroxylation is 1. The molecule has 5 nitrogen and oxygen atoms in total. The van der Waals surface area contributed by atoms with Crippen LogP contribution in [-0.2, 0) is 4.74 Å². The first-order valence-corrected chi connectivity index (χ1v) is 8.65. The summed E-state index contributed by atoms with van der Waals surface area (Å²) >= 11 is 0. The monoisotopic (exact) mass is 318 g/mol. The zero-order valence-electron chi connectivity index (χ0n) is 14.6. The third-order valence-electron chi connectivity index (χ3n) is 4.06. The minimum atomic E-state index is 0.298. The second-order valence-corrected chi connectivity index (χ2v) is 5.82. The van der Waals surface area contributed by atoms with E-state index in [1.54, 1.807) is 0 Å². The minimum Gasteiger partial charge on any atom is -0.379 e. The topological polar surface area (TPSA) is 48.9 Å². The minimum absolute atomic E-state index is 0.298. The van der Waals surface area contributed by atoms with Crippen LogP contribution in [0.3, 0.4) is 0 Å². The lowest BCUT2D eigenvalue weighted by molar-refractivity contribution is 0.0179. The standard InChI is InChI=1S/C18H30N4O/c1-4-19-18(20-5-2)21-14-17(22-10-12-23-13-11-22)16-8-6-15(3)7-9-16/h6-9,17H,4-5,10-14H2,1-3H3,(H2,19,20,21). The molecule has 1 atom stereocenters. The number of guanidine groups is 1. The molecular formula is C18H30N4O. The highest BCUT2D eigenvalue weighted by Gasteiger charge is 2.22. The van der Waals surface area contributed by atoms with E-state index in [1.165, 1.54) is 11.1 Å². The second-order valence-electron chi connectivity index (χ2n) is 5.82. The summed E-state index contributed by atoms with van der Waals surface area (Å²) in [4.78, 5) is 7.27. The van der Waals surface area contributed by atoms with Crippen LogP contribution in [0.15, 0.2) is 29.3 Å². The van der Waals surface area contributed by atoms with E-state index in [0.717, 1.165) is 51.9 Å². The summed E-state index contributed by atoms with van der Waals surface area (Å²) in [6, 6.07) is 9.12. The molecule has 0 spiro atoms. The molecule has 0 bridgehead atoms. The fourth-order valence-corrected chi connectivity index (χ4v) is 2.80. The van der Waals surface area contributed by atoms with E-state index in [9.17, 15) is 0 Å². The van der Waals surface area contributed by atoms with Crippen molar-refractivity contribution in [3.05, 3.63) is 35.4 Å². The Bertz CT molecular complexity index is 472. The zero-order valence-corrected chi connectivity index (χ0v) is 14.6. The van der Waals surface area contributed by atoms with E-state index >= 15 is 0 Å². The first-order valence-electron chi connectivity index (χ1n) is 8.65. The van der Waals surface area contributed by atoms with Crippen LogP contribution in [0, 0.1) is 6.92 Å². The van der Waals surface area contributed by atoms with Crippen molar-refractivity contribution in [2.24, 2.45) is 4.99 Å². The summed E-state index contributed by atoms with van der Waals surface area (Å²) in [5, 5.41) is 6.60. The molecule has 1 fully saturated rings. The van der Waals surface area contributed by atoms with Gasteiger partial charge in [-0.05, 0) is 26.3 Å². The van der Waals surface area contributed by atoms with Gasteiger partial charge in [0.1, 0.15) is 0 Å². The maximum Gasteiger partial charge on any atom is 0.191 e. The van der Waals surface area contributed by atoms with Gasteiger partial charge in [-0.15, -0.1) is 0 Å². The van der Waals surface area contributed by atoms with E-state index in [2.05, 4.69) is 60.6 Å². The maximum absolute atomic E-state index is 5.51. The molecule has 2 N–H and O–H groups in total. The molecule has 1 saturated heterocycles. The van der Waals surface area contributed by atoms with Gasteiger partial charge in [0.15, 0.2) is 5.96 Å². The Kier molecular flexibility index (Phi) is 7.36. The van der Waals surface area contributed by atoms with Crippen molar-refractivity contribution in [3.63, 3.8) is 0 Å². The number of rotatable bonds is 6. The molecule has 1 aromatic carbocycles. The number of hydrogen-bond acceptors (Lipinski definition) is 3. The van der Waals surface area contributed by atoms with E-state index in [4.69, 9.17) is 9.73 Å². The first kappa shape index (κ1) is 17.8. The summed E-state index contributed by atoms with van der Waals surface area (Å²) < 4.78 is 5.51. The average Bonchev–Trinajstić information content (AvgIpc) is 2.58. The van der Waals surface area contributed by atoms with Crippen molar-refractivity contribution in [2.45, 2.75) is 26.8 Å². The lowest BCUT2D eigenvalue weighted by atomic mass is 10.0. The lowest BCUT2D eigenvalue weighted by Gasteiger charge is -2.34. The van der Waals surface area contributed by atoms with Gasteiger partial charge in [0.2, 0.25) is 0 Å². The van der Waals surface area contributed by atoms with Gasteiger partial charge in [-0.2, -0.15) is 0 Å². The summed E-state index contributed by atoms with van der Waals surface area (Å²) in [5.74, 6) is 0.889. The number of ether oxygens (including phenoxy) is 1. The van der Waals surface area contributed by atoms with Crippen LogP contribution >= 0.6 is 0 Å². The number of nitrogens with zero attached hydrogens (tertiary/aromatic N) is 2. The fraction of sp³-hybridized carbons (Fsp3) is 0.611. The number of nitrogens with one attached hydrogen (secondary N) is 2. The van der Waals surface area contributed by atoms with E-state index in [-0.39, 0.29) is 0 Å². The quantitative estimate of drug-likeness (QED) is 0.622. The van der Waals surface area contributed by atoms with E-state index in [0.29, 0.717) is 6.04 Å². The predicted molar refractivity (Wildman–Crippen MR) is 96.0 cm³/mol. The van der Waals surface area contributed by atoms with Gasteiger partial charge < -0.3 is 15.4 Å². The van der Waals surface area contributed by atoms with E-state index < -0.39 is 0 Å². The third kappa shape index (κ3) is 5.52. The van der Waals surface area contributed by atoms with Gasteiger partial charge >= 0.3 is 0 Å². The average molecular weight is 318 g/mol. The molecule has 5 heteroatoms. The Balaban J connectivity index is 2.15. The molecule has 0 saturated carbocycles. The molecule has 1 aromatic rings. The zero-order chi connectivity index (χ0) is 16.5. The molecule has 0 aromatic heterocycles. The van der Waals surface area contributed by atoms with Crippen LogP contribution < -0.4 is 10.6 Å². The third-order valence-corrected chi connectivity index (χ3v) is 4.06. The summed E-state index contributed by atoms with van der Waals surface area (Å²) in [6.07, 6.45) is 0. The second kappa shape index (κ2) is 9.53. The van der Waals surface area contributed by atoms with E-state index in [1.807, 2.05) is 0 Å². The van der Waals surface area contributed by atoms with Crippen LogP contribution in [-0.4, -0.2) is 56.8 Å². The van der Waals surface area contributed by atoms with Gasteiger partial charge in [0, 0.05) is 26.2 Å². The normalized spacial score (nSPS) is 16.7. The van der Waals surface area contributed by atoms with Crippen molar-refractivity contribution in [1.82, 2.24) is 15.5 Å². The number of aliphatic imine (C=N–C) groups is 1. The Morgan fingerprint density at radius 2 is 1.74 bits per heavy atom. The molecule has 128 valence electrons. The number of benzene rings is 1. The van der Waals surface area contributed by atoms with Gasteiger partial charge in [-0.3, -0.25) is 9.89 Å². The molecule has 0 radical (unpaired) electrons. The summed E-state index contributed by atoms with van der Waals surface area (Å²) in [6.45, 7) is 12.3. The van der Waals surface area contributed by atoms with Gasteiger partial charge in [-0.1, -0.05) is 29.8 Å². The SMILES string of the molecule is CCNC(=NCC(c1ccc(C)cc1)N1CCOCC1)NCC.